The second-order valence-corrected chi connectivity index (χ2v) is 5.07. The van der Waals surface area contributed by atoms with Crippen LogP contribution in [-0.4, -0.2) is 17.5 Å². The molecule has 1 heterocycles. The van der Waals surface area contributed by atoms with Gasteiger partial charge in [-0.3, -0.25) is 9.78 Å². The topological polar surface area (TPSA) is 51.2 Å². The van der Waals surface area contributed by atoms with Crippen LogP contribution in [0.25, 0.3) is 0 Å². The molecule has 2 aromatic rings. The molecule has 0 aliphatic rings. The molecule has 24 heavy (non-hydrogen) atoms. The maximum atomic E-state index is 12.4. The van der Waals surface area contributed by atoms with Crippen molar-refractivity contribution in [3.8, 4) is 0 Å². The average Bonchev–Trinajstić information content (AvgIpc) is 2.58. The van der Waals surface area contributed by atoms with Crippen molar-refractivity contribution in [3.05, 3.63) is 65.0 Å². The van der Waals surface area contributed by atoms with E-state index >= 15 is 0 Å². The molecule has 0 saturated carbocycles. The first kappa shape index (κ1) is 17.9. The minimum atomic E-state index is -4.52. The van der Waals surface area contributed by atoms with Crippen molar-refractivity contribution in [2.45, 2.75) is 26.3 Å². The van der Waals surface area contributed by atoms with Crippen LogP contribution in [0.2, 0.25) is 0 Å². The van der Waals surface area contributed by atoms with E-state index < -0.39 is 17.8 Å². The number of halogens is 3. The molecule has 1 aromatic carbocycles. The molecule has 7 heteroatoms. The lowest BCUT2D eigenvalue weighted by Gasteiger charge is -2.08. The zero-order chi connectivity index (χ0) is 17.6. The third-order valence-electron chi connectivity index (χ3n) is 3.27. The first-order valence-corrected chi connectivity index (χ1v) is 7.37. The van der Waals surface area contributed by atoms with E-state index in [0.29, 0.717) is 13.2 Å². The Labute approximate surface area is 137 Å². The highest BCUT2D eigenvalue weighted by molar-refractivity contribution is 5.93. The third-order valence-corrected chi connectivity index (χ3v) is 3.27. The van der Waals surface area contributed by atoms with Gasteiger partial charge in [0.25, 0.3) is 5.91 Å². The summed E-state index contributed by atoms with van der Waals surface area (Å²) in [5, 5.41) is 2.64. The molecule has 0 spiro atoms. The Morgan fingerprint density at radius 1 is 1.12 bits per heavy atom. The summed E-state index contributed by atoms with van der Waals surface area (Å²) in [5.74, 6) is -0.477. The number of aromatic nitrogens is 1. The molecule has 1 N–H and O–H groups in total. The normalized spacial score (nSPS) is 11.3. The number of rotatable bonds is 6. The molecule has 0 radical (unpaired) electrons. The van der Waals surface area contributed by atoms with Crippen LogP contribution in [0.3, 0.4) is 0 Å². The SMILES string of the molecule is CCOCc1ccc(CNC(=O)c2ccc(C(F)(F)F)nc2)cc1. The zero-order valence-electron chi connectivity index (χ0n) is 13.1. The third kappa shape index (κ3) is 5.06. The minimum Gasteiger partial charge on any atom is -0.377 e. The number of alkyl halides is 3. The van der Waals surface area contributed by atoms with Gasteiger partial charge in [0.15, 0.2) is 0 Å². The Balaban J connectivity index is 1.90. The van der Waals surface area contributed by atoms with E-state index in [4.69, 9.17) is 4.74 Å². The monoisotopic (exact) mass is 338 g/mol. The number of nitrogens with one attached hydrogen (secondary N) is 1. The quantitative estimate of drug-likeness (QED) is 0.876. The highest BCUT2D eigenvalue weighted by Crippen LogP contribution is 2.27. The highest BCUT2D eigenvalue weighted by Gasteiger charge is 2.32. The van der Waals surface area contributed by atoms with Crippen molar-refractivity contribution in [2.75, 3.05) is 6.61 Å². The molecular formula is C17H17F3N2O2. The van der Waals surface area contributed by atoms with Crippen molar-refractivity contribution in [3.63, 3.8) is 0 Å². The lowest BCUT2D eigenvalue weighted by Crippen LogP contribution is -2.23. The number of ether oxygens (including phenoxy) is 1. The van der Waals surface area contributed by atoms with E-state index in [-0.39, 0.29) is 12.1 Å². The summed E-state index contributed by atoms with van der Waals surface area (Å²) in [4.78, 5) is 15.2. The van der Waals surface area contributed by atoms with Crippen LogP contribution in [0.1, 0.15) is 34.1 Å². The minimum absolute atomic E-state index is 0.0796. The predicted octanol–water partition coefficient (Wildman–Crippen LogP) is 3.57. The molecule has 1 amide bonds. The van der Waals surface area contributed by atoms with Gasteiger partial charge in [0.05, 0.1) is 12.2 Å². The Morgan fingerprint density at radius 3 is 2.33 bits per heavy atom. The van der Waals surface area contributed by atoms with E-state index in [1.807, 2.05) is 31.2 Å². The van der Waals surface area contributed by atoms with E-state index in [2.05, 4.69) is 10.3 Å². The molecule has 0 unspecified atom stereocenters. The van der Waals surface area contributed by atoms with Crippen LogP contribution in [0.15, 0.2) is 42.6 Å². The van der Waals surface area contributed by atoms with Gasteiger partial charge in [-0.2, -0.15) is 13.2 Å². The van der Waals surface area contributed by atoms with Crippen LogP contribution in [0.5, 0.6) is 0 Å². The molecule has 0 fully saturated rings. The van der Waals surface area contributed by atoms with Gasteiger partial charge < -0.3 is 10.1 Å². The molecule has 0 aliphatic carbocycles. The van der Waals surface area contributed by atoms with Crippen LogP contribution in [0.4, 0.5) is 13.2 Å². The summed E-state index contributed by atoms with van der Waals surface area (Å²) in [6.45, 7) is 3.36. The Kier molecular flexibility index (Phi) is 5.92. The van der Waals surface area contributed by atoms with E-state index in [0.717, 1.165) is 29.5 Å². The lowest BCUT2D eigenvalue weighted by atomic mass is 10.1. The summed E-state index contributed by atoms with van der Waals surface area (Å²) >= 11 is 0. The number of carbonyl (C=O) groups is 1. The number of nitrogens with zero attached hydrogens (tertiary/aromatic N) is 1. The number of hydrogen-bond donors (Lipinski definition) is 1. The van der Waals surface area contributed by atoms with Gasteiger partial charge in [-0.05, 0) is 30.2 Å². The van der Waals surface area contributed by atoms with Crippen molar-refractivity contribution in [1.29, 1.82) is 0 Å². The summed E-state index contributed by atoms with van der Waals surface area (Å²) in [5.41, 5.74) is 0.960. The summed E-state index contributed by atoms with van der Waals surface area (Å²) in [7, 11) is 0. The van der Waals surface area contributed by atoms with E-state index in [1.54, 1.807) is 0 Å². The second-order valence-electron chi connectivity index (χ2n) is 5.07. The molecule has 2 rings (SSSR count). The fourth-order valence-corrected chi connectivity index (χ4v) is 1.95. The van der Waals surface area contributed by atoms with Crippen molar-refractivity contribution < 1.29 is 22.7 Å². The number of benzene rings is 1. The number of carbonyl (C=O) groups excluding carboxylic acids is 1. The molecular weight excluding hydrogens is 321 g/mol. The maximum absolute atomic E-state index is 12.4. The summed E-state index contributed by atoms with van der Waals surface area (Å²) in [6.07, 6.45) is -3.60. The van der Waals surface area contributed by atoms with Crippen LogP contribution in [0, 0.1) is 0 Å². The highest BCUT2D eigenvalue weighted by atomic mass is 19.4. The lowest BCUT2D eigenvalue weighted by molar-refractivity contribution is -0.141. The Morgan fingerprint density at radius 2 is 1.79 bits per heavy atom. The van der Waals surface area contributed by atoms with Crippen molar-refractivity contribution in [1.82, 2.24) is 10.3 Å². The van der Waals surface area contributed by atoms with Crippen LogP contribution in [-0.2, 0) is 24.1 Å². The second kappa shape index (κ2) is 7.92. The smallest absolute Gasteiger partial charge is 0.377 e. The predicted molar refractivity (Wildman–Crippen MR) is 82.2 cm³/mol. The Bertz CT molecular complexity index is 668. The average molecular weight is 338 g/mol. The first-order chi connectivity index (χ1) is 11.4. The zero-order valence-corrected chi connectivity index (χ0v) is 13.1. The van der Waals surface area contributed by atoms with E-state index in [1.165, 1.54) is 0 Å². The molecule has 0 saturated heterocycles. The number of hydrogen-bond acceptors (Lipinski definition) is 3. The number of amides is 1. The van der Waals surface area contributed by atoms with Gasteiger partial charge >= 0.3 is 6.18 Å². The van der Waals surface area contributed by atoms with Crippen LogP contribution < -0.4 is 5.32 Å². The fraction of sp³-hybridized carbons (Fsp3) is 0.294. The fourth-order valence-electron chi connectivity index (χ4n) is 1.95. The summed E-state index contributed by atoms with van der Waals surface area (Å²) < 4.78 is 42.6. The van der Waals surface area contributed by atoms with Gasteiger partial charge in [-0.1, -0.05) is 24.3 Å². The van der Waals surface area contributed by atoms with Gasteiger partial charge in [0, 0.05) is 19.3 Å². The van der Waals surface area contributed by atoms with Gasteiger partial charge in [-0.25, -0.2) is 0 Å². The molecule has 0 aliphatic heterocycles. The van der Waals surface area contributed by atoms with Crippen molar-refractivity contribution in [2.24, 2.45) is 0 Å². The van der Waals surface area contributed by atoms with Crippen LogP contribution >= 0.6 is 0 Å². The van der Waals surface area contributed by atoms with E-state index in [9.17, 15) is 18.0 Å². The van der Waals surface area contributed by atoms with Gasteiger partial charge in [-0.15, -0.1) is 0 Å². The molecule has 0 bridgehead atoms. The largest absolute Gasteiger partial charge is 0.433 e. The number of pyridine rings is 1. The maximum Gasteiger partial charge on any atom is 0.433 e. The molecule has 128 valence electrons. The molecule has 4 nitrogen and oxygen atoms in total. The molecule has 1 aromatic heterocycles. The summed E-state index contributed by atoms with van der Waals surface area (Å²) in [6, 6.07) is 9.42. The Hall–Kier alpha value is -2.41. The van der Waals surface area contributed by atoms with Crippen molar-refractivity contribution >= 4 is 5.91 Å². The first-order valence-electron chi connectivity index (χ1n) is 7.37. The van der Waals surface area contributed by atoms with Gasteiger partial charge in [0.1, 0.15) is 5.69 Å². The molecule has 0 atom stereocenters. The standard InChI is InChI=1S/C17H17F3N2O2/c1-2-24-11-13-5-3-12(4-6-13)9-22-16(23)14-7-8-15(21-10-14)17(18,19)20/h3-8,10H,2,9,11H2,1H3,(H,22,23). The van der Waals surface area contributed by atoms with Gasteiger partial charge in [0.2, 0.25) is 0 Å².